The van der Waals surface area contributed by atoms with Gasteiger partial charge in [-0.15, -0.1) is 0 Å². The number of thioether (sulfide) groups is 1. The number of aliphatic hydroxyl groups excluding tert-OH is 1. The van der Waals surface area contributed by atoms with E-state index in [1.807, 2.05) is 6.26 Å². The zero-order chi connectivity index (χ0) is 16.8. The van der Waals surface area contributed by atoms with Crippen LogP contribution in [0.2, 0.25) is 10.0 Å². The van der Waals surface area contributed by atoms with E-state index >= 15 is 0 Å². The zero-order valence-corrected chi connectivity index (χ0v) is 14.8. The van der Waals surface area contributed by atoms with Crippen LogP contribution >= 0.6 is 35.0 Å². The summed E-state index contributed by atoms with van der Waals surface area (Å²) in [7, 11) is 0. The second kappa shape index (κ2) is 8.59. The van der Waals surface area contributed by atoms with Crippen molar-refractivity contribution in [3.05, 3.63) is 40.0 Å². The number of nitrogens with zero attached hydrogens (tertiary/aromatic N) is 1. The lowest BCUT2D eigenvalue weighted by Crippen LogP contribution is -2.38. The Morgan fingerprint density at radius 1 is 1.48 bits per heavy atom. The molecule has 0 spiro atoms. The third-order valence-corrected chi connectivity index (χ3v) is 4.50. The van der Waals surface area contributed by atoms with Crippen LogP contribution in [-0.2, 0) is 0 Å². The molecule has 2 rings (SSSR count). The molecule has 2 aromatic rings. The van der Waals surface area contributed by atoms with Crippen LogP contribution in [0.3, 0.4) is 0 Å². The quantitative estimate of drug-likeness (QED) is 0.695. The van der Waals surface area contributed by atoms with Crippen molar-refractivity contribution >= 4 is 40.9 Å². The molecule has 23 heavy (non-hydrogen) atoms. The van der Waals surface area contributed by atoms with Crippen molar-refractivity contribution in [2.75, 3.05) is 18.6 Å². The first-order valence-corrected chi connectivity index (χ1v) is 9.11. The highest BCUT2D eigenvalue weighted by molar-refractivity contribution is 7.98. The second-order valence-corrected chi connectivity index (χ2v) is 6.75. The smallest absolute Gasteiger partial charge is 0.255 e. The van der Waals surface area contributed by atoms with Crippen molar-refractivity contribution in [3.63, 3.8) is 0 Å². The minimum absolute atomic E-state index is 0.110. The van der Waals surface area contributed by atoms with Gasteiger partial charge in [-0.05, 0) is 36.6 Å². The number of hydrogen-bond donors (Lipinski definition) is 3. The number of carbonyl (C=O) groups is 1. The fourth-order valence-electron chi connectivity index (χ4n) is 2.09. The molecule has 0 radical (unpaired) electrons. The molecule has 1 amide bonds. The summed E-state index contributed by atoms with van der Waals surface area (Å²) in [6, 6.07) is 4.74. The summed E-state index contributed by atoms with van der Waals surface area (Å²) < 4.78 is 0. The maximum Gasteiger partial charge on any atom is 0.255 e. The van der Waals surface area contributed by atoms with Gasteiger partial charge >= 0.3 is 0 Å². The number of aromatic nitrogens is 2. The molecule has 0 saturated carbocycles. The molecule has 1 heterocycles. The topological polar surface area (TPSA) is 78.0 Å². The van der Waals surface area contributed by atoms with Crippen LogP contribution in [0.25, 0.3) is 11.3 Å². The Hall–Kier alpha value is -1.21. The first-order valence-electron chi connectivity index (χ1n) is 6.96. The first-order chi connectivity index (χ1) is 11.1. The predicted octanol–water partition coefficient (Wildman–Crippen LogP) is 3.23. The first kappa shape index (κ1) is 18.1. The molecule has 0 aliphatic heterocycles. The van der Waals surface area contributed by atoms with E-state index in [9.17, 15) is 9.90 Å². The molecule has 1 aromatic carbocycles. The van der Waals surface area contributed by atoms with Crippen molar-refractivity contribution in [3.8, 4) is 11.3 Å². The molecule has 124 valence electrons. The van der Waals surface area contributed by atoms with Gasteiger partial charge in [-0.2, -0.15) is 16.9 Å². The summed E-state index contributed by atoms with van der Waals surface area (Å²) in [6.07, 6.45) is 4.11. The lowest BCUT2D eigenvalue weighted by molar-refractivity contribution is 0.0916. The average molecular weight is 374 g/mol. The van der Waals surface area contributed by atoms with E-state index in [1.165, 1.54) is 6.20 Å². The van der Waals surface area contributed by atoms with Gasteiger partial charge in [-0.25, -0.2) is 0 Å². The van der Waals surface area contributed by atoms with E-state index in [-0.39, 0.29) is 18.6 Å². The van der Waals surface area contributed by atoms with Gasteiger partial charge in [-0.1, -0.05) is 23.2 Å². The van der Waals surface area contributed by atoms with Gasteiger partial charge in [0, 0.05) is 10.6 Å². The lowest BCUT2D eigenvalue weighted by atomic mass is 10.1. The van der Waals surface area contributed by atoms with Gasteiger partial charge in [-0.3, -0.25) is 9.89 Å². The van der Waals surface area contributed by atoms with E-state index in [4.69, 9.17) is 23.2 Å². The van der Waals surface area contributed by atoms with Gasteiger partial charge in [0.05, 0.1) is 35.1 Å². The maximum atomic E-state index is 12.5. The number of benzene rings is 1. The van der Waals surface area contributed by atoms with Gasteiger partial charge in [0.15, 0.2) is 0 Å². The van der Waals surface area contributed by atoms with Crippen LogP contribution in [-0.4, -0.2) is 45.9 Å². The number of H-pyrrole nitrogens is 1. The Balaban J connectivity index is 2.21. The monoisotopic (exact) mass is 373 g/mol. The molecule has 0 aliphatic rings. The summed E-state index contributed by atoms with van der Waals surface area (Å²) >= 11 is 13.8. The van der Waals surface area contributed by atoms with Crippen LogP contribution in [0.5, 0.6) is 0 Å². The van der Waals surface area contributed by atoms with Crippen LogP contribution in [0.1, 0.15) is 16.8 Å². The zero-order valence-electron chi connectivity index (χ0n) is 12.5. The standard InChI is InChI=1S/C15H17Cl2N3O2S/c1-23-5-4-10(8-21)19-15(22)12-7-18-20-14(12)11-3-2-9(16)6-13(11)17/h2-3,6-7,10,21H,4-5,8H2,1H3,(H,18,20)(H,19,22)/t10-/m1/s1. The Morgan fingerprint density at radius 3 is 2.91 bits per heavy atom. The van der Waals surface area contributed by atoms with E-state index < -0.39 is 0 Å². The Labute approximate surface area is 148 Å². The highest BCUT2D eigenvalue weighted by Gasteiger charge is 2.19. The third kappa shape index (κ3) is 4.64. The summed E-state index contributed by atoms with van der Waals surface area (Å²) in [5.74, 6) is 0.548. The van der Waals surface area contributed by atoms with E-state index in [0.29, 0.717) is 33.3 Å². The van der Waals surface area contributed by atoms with Gasteiger partial charge in [0.1, 0.15) is 0 Å². The Kier molecular flexibility index (Phi) is 6.77. The fourth-order valence-corrected chi connectivity index (χ4v) is 3.11. The minimum atomic E-state index is -0.306. The number of hydrogen-bond acceptors (Lipinski definition) is 4. The number of amides is 1. The van der Waals surface area contributed by atoms with Crippen LogP contribution in [0.4, 0.5) is 0 Å². The SMILES string of the molecule is CSCC[C@H](CO)NC(=O)c1cn[nH]c1-c1ccc(Cl)cc1Cl. The molecule has 0 fully saturated rings. The third-order valence-electron chi connectivity index (χ3n) is 3.31. The molecular weight excluding hydrogens is 357 g/mol. The molecule has 0 bridgehead atoms. The summed E-state index contributed by atoms with van der Waals surface area (Å²) in [4.78, 5) is 12.5. The van der Waals surface area contributed by atoms with Gasteiger partial charge in [0.2, 0.25) is 0 Å². The van der Waals surface area contributed by atoms with E-state index in [2.05, 4.69) is 15.5 Å². The fraction of sp³-hybridized carbons (Fsp3) is 0.333. The highest BCUT2D eigenvalue weighted by Crippen LogP contribution is 2.31. The number of aromatic amines is 1. The molecule has 1 aromatic heterocycles. The Morgan fingerprint density at radius 2 is 2.26 bits per heavy atom. The van der Waals surface area contributed by atoms with Crippen molar-refractivity contribution in [2.24, 2.45) is 0 Å². The van der Waals surface area contributed by atoms with Crippen LogP contribution in [0, 0.1) is 0 Å². The van der Waals surface area contributed by atoms with Crippen molar-refractivity contribution in [2.45, 2.75) is 12.5 Å². The number of rotatable bonds is 7. The molecule has 0 unspecified atom stereocenters. The molecule has 1 atom stereocenters. The molecule has 5 nitrogen and oxygen atoms in total. The average Bonchev–Trinajstić information content (AvgIpc) is 3.00. The van der Waals surface area contributed by atoms with Crippen molar-refractivity contribution in [1.29, 1.82) is 0 Å². The Bertz CT molecular complexity index is 678. The molecule has 0 saturated heterocycles. The largest absolute Gasteiger partial charge is 0.394 e. The van der Waals surface area contributed by atoms with Crippen molar-refractivity contribution < 1.29 is 9.90 Å². The maximum absolute atomic E-state index is 12.5. The second-order valence-electron chi connectivity index (χ2n) is 4.92. The van der Waals surface area contributed by atoms with E-state index in [1.54, 1.807) is 30.0 Å². The predicted molar refractivity (Wildman–Crippen MR) is 95.4 cm³/mol. The van der Waals surface area contributed by atoms with Crippen LogP contribution < -0.4 is 5.32 Å². The minimum Gasteiger partial charge on any atom is -0.394 e. The summed E-state index contributed by atoms with van der Waals surface area (Å²) in [6.45, 7) is -0.110. The van der Waals surface area contributed by atoms with Crippen molar-refractivity contribution in [1.82, 2.24) is 15.5 Å². The molecule has 0 aliphatic carbocycles. The highest BCUT2D eigenvalue weighted by atomic mass is 35.5. The molecule has 8 heteroatoms. The van der Waals surface area contributed by atoms with Crippen LogP contribution in [0.15, 0.2) is 24.4 Å². The molecular formula is C15H17Cl2N3O2S. The summed E-state index contributed by atoms with van der Waals surface area (Å²) in [5, 5.41) is 19.9. The normalized spacial score (nSPS) is 12.2. The number of halogens is 2. The van der Waals surface area contributed by atoms with E-state index in [0.717, 1.165) is 5.75 Å². The van der Waals surface area contributed by atoms with Gasteiger partial charge < -0.3 is 10.4 Å². The molecule has 3 N–H and O–H groups in total. The number of nitrogens with one attached hydrogen (secondary N) is 2. The lowest BCUT2D eigenvalue weighted by Gasteiger charge is -2.15. The van der Waals surface area contributed by atoms with Gasteiger partial charge in [0.25, 0.3) is 5.91 Å². The number of aliphatic hydroxyl groups is 1. The number of carbonyl (C=O) groups excluding carboxylic acids is 1. The summed E-state index contributed by atoms with van der Waals surface area (Å²) in [5.41, 5.74) is 1.53.